The Kier molecular flexibility index (Phi) is 11.6. The van der Waals surface area contributed by atoms with Crippen LogP contribution < -0.4 is 10.6 Å². The molecule has 0 unspecified atom stereocenters. The van der Waals surface area contributed by atoms with E-state index >= 15 is 8.78 Å². The molecule has 1 spiro atoms. The molecule has 2 aromatic heterocycles. The smallest absolute Gasteiger partial charge is 0.407 e. The molecule has 0 radical (unpaired) electrons. The number of methoxy groups -OCH3 is 2. The van der Waals surface area contributed by atoms with Crippen molar-refractivity contribution >= 4 is 24.0 Å². The van der Waals surface area contributed by atoms with Crippen molar-refractivity contribution in [1.82, 2.24) is 40.4 Å². The van der Waals surface area contributed by atoms with E-state index in [1.165, 1.54) is 14.2 Å². The number of alkyl halides is 2. The average Bonchev–Trinajstić information content (AvgIpc) is 4.13. The molecule has 1 saturated carbocycles. The number of aromatic nitrogens is 4. The number of carbonyl (C=O) groups excluding carboxylic acids is 4. The van der Waals surface area contributed by atoms with Gasteiger partial charge in [-0.2, -0.15) is 0 Å². The molecule has 3 fully saturated rings. The lowest BCUT2D eigenvalue weighted by atomic mass is 9.60. The number of nitrogens with one attached hydrogen (secondary N) is 4. The lowest BCUT2D eigenvalue weighted by Crippen LogP contribution is -2.51. The molecule has 4 heterocycles. The predicted octanol–water partition coefficient (Wildman–Crippen LogP) is 8.03. The van der Waals surface area contributed by atoms with Gasteiger partial charge in [-0.05, 0) is 83.0 Å². The van der Waals surface area contributed by atoms with Crippen LogP contribution in [-0.4, -0.2) is 99.1 Å². The van der Waals surface area contributed by atoms with Gasteiger partial charge in [-0.15, -0.1) is 0 Å². The molecule has 2 aliphatic heterocycles. The molecule has 0 bridgehead atoms. The number of amides is 4. The van der Waals surface area contributed by atoms with Crippen LogP contribution in [0.1, 0.15) is 114 Å². The van der Waals surface area contributed by atoms with E-state index in [1.807, 2.05) is 64.1 Å². The second kappa shape index (κ2) is 16.8. The van der Waals surface area contributed by atoms with Crippen LogP contribution in [-0.2, 0) is 24.5 Å². The molecule has 330 valence electrons. The molecule has 4 amide bonds. The van der Waals surface area contributed by atoms with E-state index in [1.54, 1.807) is 22.2 Å². The molecular weight excluding hydrogens is 799 g/mol. The summed E-state index contributed by atoms with van der Waals surface area (Å²) in [6.45, 7) is 8.84. The zero-order chi connectivity index (χ0) is 44.1. The number of likely N-dealkylation sites (tertiary alicyclic amines) is 2. The zero-order valence-electron chi connectivity index (χ0n) is 36.1. The van der Waals surface area contributed by atoms with E-state index in [2.05, 4.69) is 20.6 Å². The highest BCUT2D eigenvalue weighted by molar-refractivity contribution is 5.88. The number of hydrogen-bond acceptors (Lipinski definition) is 8. The number of ether oxygens (including phenoxy) is 2. The van der Waals surface area contributed by atoms with Crippen molar-refractivity contribution in [3.05, 3.63) is 71.6 Å². The maximum Gasteiger partial charge on any atom is 0.407 e. The molecule has 2 saturated heterocycles. The monoisotopic (exact) mass is 854 g/mol. The lowest BCUT2D eigenvalue weighted by molar-refractivity contribution is -0.136. The molecule has 4 N–H and O–H groups in total. The number of benzene rings is 2. The first-order valence-electron chi connectivity index (χ1n) is 21.8. The molecule has 4 aliphatic rings. The number of nitrogens with zero attached hydrogens (tertiary/aromatic N) is 4. The predicted molar refractivity (Wildman–Crippen MR) is 227 cm³/mol. The third-order valence-electron chi connectivity index (χ3n) is 13.9. The van der Waals surface area contributed by atoms with Crippen molar-refractivity contribution in [2.24, 2.45) is 11.8 Å². The molecule has 6 atom stereocenters. The van der Waals surface area contributed by atoms with Gasteiger partial charge in [0.15, 0.2) is 0 Å². The van der Waals surface area contributed by atoms with Gasteiger partial charge in [0.2, 0.25) is 11.8 Å². The van der Waals surface area contributed by atoms with Gasteiger partial charge in [-0.3, -0.25) is 9.59 Å². The molecular formula is C46H56F2N8O6. The summed E-state index contributed by atoms with van der Waals surface area (Å²) in [4.78, 5) is 72.0. The topological polar surface area (TPSA) is 175 Å². The SMILES string of the molecule is CC[C@H](C)[C@H](NC(=O)OC)C(=O)N1CCC[C@H]1c1ncc(-c2ccc3c(c2)C2(CC(F)(F)C2)c2cc(-c4cnc([C@@H]5CCCN5C(=O)[C@@H](NC(=O)OC)[C@@H](C)CC)[nH]4)ccc2-3)[nH]1. The van der Waals surface area contributed by atoms with Gasteiger partial charge in [-0.25, -0.2) is 28.3 Å². The van der Waals surface area contributed by atoms with Crippen LogP contribution in [0.2, 0.25) is 0 Å². The molecule has 4 aromatic rings. The first-order valence-corrected chi connectivity index (χ1v) is 21.8. The third-order valence-corrected chi connectivity index (χ3v) is 13.9. The minimum absolute atomic E-state index is 0.114. The van der Waals surface area contributed by atoms with Crippen LogP contribution in [0.25, 0.3) is 33.6 Å². The Balaban J connectivity index is 1.05. The summed E-state index contributed by atoms with van der Waals surface area (Å²) in [5.74, 6) is -2.17. The third kappa shape index (κ3) is 7.59. The summed E-state index contributed by atoms with van der Waals surface area (Å²) in [7, 11) is 2.55. The van der Waals surface area contributed by atoms with Crippen molar-refractivity contribution in [3.63, 3.8) is 0 Å². The second-order valence-electron chi connectivity index (χ2n) is 17.6. The first kappa shape index (κ1) is 42.9. The summed E-state index contributed by atoms with van der Waals surface area (Å²) in [6, 6.07) is 9.82. The average molecular weight is 855 g/mol. The molecule has 62 heavy (non-hydrogen) atoms. The largest absolute Gasteiger partial charge is 0.453 e. The highest BCUT2D eigenvalue weighted by Crippen LogP contribution is 2.64. The van der Waals surface area contributed by atoms with Gasteiger partial charge in [0.05, 0.1) is 50.1 Å². The number of alkyl carbamates (subject to hydrolysis) is 2. The Labute approximate surface area is 359 Å². The van der Waals surface area contributed by atoms with E-state index < -0.39 is 35.6 Å². The Morgan fingerprint density at radius 2 is 1.16 bits per heavy atom. The van der Waals surface area contributed by atoms with Crippen LogP contribution in [0.5, 0.6) is 0 Å². The minimum Gasteiger partial charge on any atom is -0.453 e. The van der Waals surface area contributed by atoms with Gasteiger partial charge in [0, 0.05) is 31.3 Å². The van der Waals surface area contributed by atoms with Crippen LogP contribution in [0.4, 0.5) is 18.4 Å². The summed E-state index contributed by atoms with van der Waals surface area (Å²) >= 11 is 0. The number of aromatic amines is 2. The van der Waals surface area contributed by atoms with Gasteiger partial charge in [-0.1, -0.05) is 64.8 Å². The summed E-state index contributed by atoms with van der Waals surface area (Å²) in [6.07, 6.45) is 5.85. The van der Waals surface area contributed by atoms with E-state index in [9.17, 15) is 19.2 Å². The minimum atomic E-state index is -2.82. The highest BCUT2D eigenvalue weighted by Gasteiger charge is 2.61. The second-order valence-corrected chi connectivity index (χ2v) is 17.6. The number of halogens is 2. The van der Waals surface area contributed by atoms with E-state index in [0.29, 0.717) is 61.8 Å². The number of carbonyl (C=O) groups is 4. The number of fused-ring (bicyclic) bond motifs is 5. The molecule has 2 aliphatic carbocycles. The van der Waals surface area contributed by atoms with E-state index in [0.717, 1.165) is 46.2 Å². The Hall–Kier alpha value is -5.80. The number of hydrogen-bond donors (Lipinski definition) is 4. The van der Waals surface area contributed by atoms with Crippen LogP contribution in [0.3, 0.4) is 0 Å². The Morgan fingerprint density at radius 3 is 1.53 bits per heavy atom. The molecule has 16 heteroatoms. The van der Waals surface area contributed by atoms with E-state index in [-0.39, 0.29) is 48.6 Å². The number of imidazole rings is 2. The maximum absolute atomic E-state index is 15.1. The van der Waals surface area contributed by atoms with Crippen LogP contribution in [0.15, 0.2) is 48.8 Å². The number of H-pyrrole nitrogens is 2. The quantitative estimate of drug-likeness (QED) is 0.111. The Bertz CT molecular complexity index is 2200. The number of rotatable bonds is 12. The summed E-state index contributed by atoms with van der Waals surface area (Å²) in [5, 5.41) is 5.46. The normalized spacial score (nSPS) is 21.4. The van der Waals surface area contributed by atoms with Crippen molar-refractivity contribution in [2.45, 2.75) is 115 Å². The lowest BCUT2D eigenvalue weighted by Gasteiger charge is -2.46. The molecule has 14 nitrogen and oxygen atoms in total. The first-order chi connectivity index (χ1) is 29.7. The maximum atomic E-state index is 15.1. The van der Waals surface area contributed by atoms with Gasteiger partial charge < -0.3 is 39.9 Å². The van der Waals surface area contributed by atoms with Gasteiger partial charge in [0.1, 0.15) is 23.7 Å². The van der Waals surface area contributed by atoms with E-state index in [4.69, 9.17) is 19.4 Å². The fraction of sp³-hybridized carbons (Fsp3) is 0.522. The van der Waals surface area contributed by atoms with Crippen molar-refractivity contribution in [3.8, 4) is 33.6 Å². The van der Waals surface area contributed by atoms with Crippen LogP contribution in [0, 0.1) is 11.8 Å². The van der Waals surface area contributed by atoms with Gasteiger partial charge >= 0.3 is 12.2 Å². The van der Waals surface area contributed by atoms with Crippen molar-refractivity contribution in [2.75, 3.05) is 27.3 Å². The van der Waals surface area contributed by atoms with Crippen molar-refractivity contribution in [1.29, 1.82) is 0 Å². The molecule has 8 rings (SSSR count). The molecule has 2 aromatic carbocycles. The Morgan fingerprint density at radius 1 is 0.742 bits per heavy atom. The summed E-state index contributed by atoms with van der Waals surface area (Å²) in [5.41, 5.74) is 5.64. The van der Waals surface area contributed by atoms with Crippen molar-refractivity contribution < 1.29 is 37.4 Å². The van der Waals surface area contributed by atoms with Gasteiger partial charge in [0.25, 0.3) is 5.92 Å². The zero-order valence-corrected chi connectivity index (χ0v) is 36.1. The fourth-order valence-electron chi connectivity index (χ4n) is 10.1. The highest BCUT2D eigenvalue weighted by atomic mass is 19.3. The van der Waals surface area contributed by atoms with Crippen LogP contribution >= 0.6 is 0 Å². The summed E-state index contributed by atoms with van der Waals surface area (Å²) < 4.78 is 39.8. The fourth-order valence-corrected chi connectivity index (χ4v) is 10.1. The standard InChI is InChI=1S/C46H56F2N8O6/c1-7-25(3)37(53-43(59)61-5)41(57)55-17-9-11-35(55)39-49-21-33(51-39)27-13-15-29-30-16-14-28(20-32(30)45(31(29)19-27)23-46(47,48)24-45)34-22-50-40(52-34)36-12-10-18-56(36)42(58)38(26(4)8-2)54-44(60)62-6/h13-16,19-22,25-26,35-38H,7-12,17-18,23-24H2,1-6H3,(H,49,51)(H,50,52)(H,53,59)(H,54,60)/t25-,26-,35-,36-,37-,38-/m0/s1.